The summed E-state index contributed by atoms with van der Waals surface area (Å²) >= 11 is 0. The Morgan fingerprint density at radius 3 is 3.05 bits per heavy atom. The van der Waals surface area contributed by atoms with E-state index in [-0.39, 0.29) is 5.91 Å². The highest BCUT2D eigenvalue weighted by Crippen LogP contribution is 2.29. The maximum absolute atomic E-state index is 12.1. The number of hydrogen-bond donors (Lipinski definition) is 2. The van der Waals surface area contributed by atoms with E-state index in [4.69, 9.17) is 0 Å². The van der Waals surface area contributed by atoms with Gasteiger partial charge in [0.25, 0.3) is 5.91 Å². The molecule has 1 aliphatic rings. The summed E-state index contributed by atoms with van der Waals surface area (Å²) in [4.78, 5) is 15.3. The van der Waals surface area contributed by atoms with Gasteiger partial charge < -0.3 is 10.3 Å². The van der Waals surface area contributed by atoms with Gasteiger partial charge >= 0.3 is 0 Å². The van der Waals surface area contributed by atoms with Crippen LogP contribution in [0.2, 0.25) is 0 Å². The Balaban J connectivity index is 1.63. The maximum Gasteiger partial charge on any atom is 0.251 e. The molecule has 1 amide bonds. The van der Waals surface area contributed by atoms with Crippen molar-refractivity contribution in [3.05, 3.63) is 36.0 Å². The molecule has 3 heteroatoms. The summed E-state index contributed by atoms with van der Waals surface area (Å²) in [5.41, 5.74) is 1.82. The van der Waals surface area contributed by atoms with Crippen molar-refractivity contribution in [3.8, 4) is 0 Å². The number of hydrogen-bond acceptors (Lipinski definition) is 1. The highest BCUT2D eigenvalue weighted by atomic mass is 16.1. The largest absolute Gasteiger partial charge is 0.361 e. The molecule has 1 aliphatic carbocycles. The molecule has 1 aromatic heterocycles. The molecule has 3 nitrogen and oxygen atoms in total. The van der Waals surface area contributed by atoms with Crippen LogP contribution in [0.4, 0.5) is 0 Å². The lowest BCUT2D eigenvalue weighted by Crippen LogP contribution is -2.28. The number of amides is 1. The van der Waals surface area contributed by atoms with Crippen molar-refractivity contribution >= 4 is 16.8 Å². The van der Waals surface area contributed by atoms with Crippen molar-refractivity contribution in [2.24, 2.45) is 11.8 Å². The molecule has 0 spiro atoms. The molecular weight excluding hydrogens is 236 g/mol. The first-order chi connectivity index (χ1) is 9.22. The fourth-order valence-corrected chi connectivity index (χ4v) is 3.04. The topological polar surface area (TPSA) is 44.9 Å². The molecule has 2 aromatic rings. The third kappa shape index (κ3) is 2.65. The van der Waals surface area contributed by atoms with Gasteiger partial charge in [-0.05, 0) is 48.9 Å². The minimum atomic E-state index is 0.0441. The van der Waals surface area contributed by atoms with Gasteiger partial charge in [0.2, 0.25) is 0 Å². The van der Waals surface area contributed by atoms with Crippen LogP contribution in [-0.4, -0.2) is 17.4 Å². The Bertz CT molecular complexity index is 587. The second kappa shape index (κ2) is 5.08. The van der Waals surface area contributed by atoms with Crippen LogP contribution < -0.4 is 5.32 Å². The fourth-order valence-electron chi connectivity index (χ4n) is 3.04. The van der Waals surface area contributed by atoms with E-state index in [1.807, 2.05) is 30.5 Å². The molecule has 0 aliphatic heterocycles. The van der Waals surface area contributed by atoms with Crippen LogP contribution in [-0.2, 0) is 0 Å². The SMILES string of the molecule is CC1CCC(CNC(=O)c2ccc3[nH]ccc3c2)C1. The first kappa shape index (κ1) is 12.3. The van der Waals surface area contributed by atoms with Crippen LogP contribution in [0.1, 0.15) is 36.5 Å². The lowest BCUT2D eigenvalue weighted by atomic mass is 10.1. The zero-order valence-corrected chi connectivity index (χ0v) is 11.3. The molecule has 2 unspecified atom stereocenters. The van der Waals surface area contributed by atoms with E-state index in [0.717, 1.165) is 28.9 Å². The molecule has 0 radical (unpaired) electrons. The molecule has 1 aromatic carbocycles. The number of carbonyl (C=O) groups is 1. The highest BCUT2D eigenvalue weighted by Gasteiger charge is 2.21. The third-order valence-corrected chi connectivity index (χ3v) is 4.17. The van der Waals surface area contributed by atoms with Crippen molar-refractivity contribution in [2.45, 2.75) is 26.2 Å². The van der Waals surface area contributed by atoms with Crippen LogP contribution in [0.3, 0.4) is 0 Å². The second-order valence-corrected chi connectivity index (χ2v) is 5.77. The molecule has 0 bridgehead atoms. The molecule has 1 saturated carbocycles. The standard InChI is InChI=1S/C16H20N2O/c1-11-2-3-12(8-11)10-18-16(19)14-4-5-15-13(9-14)6-7-17-15/h4-7,9,11-12,17H,2-3,8,10H2,1H3,(H,18,19). The quantitative estimate of drug-likeness (QED) is 0.869. The van der Waals surface area contributed by atoms with Gasteiger partial charge in [-0.25, -0.2) is 0 Å². The summed E-state index contributed by atoms with van der Waals surface area (Å²) in [5.74, 6) is 1.52. The summed E-state index contributed by atoms with van der Waals surface area (Å²) in [5, 5.41) is 4.15. The van der Waals surface area contributed by atoms with Crippen molar-refractivity contribution in [1.29, 1.82) is 0 Å². The lowest BCUT2D eigenvalue weighted by molar-refractivity contribution is 0.0947. The minimum absolute atomic E-state index is 0.0441. The van der Waals surface area contributed by atoms with Crippen molar-refractivity contribution in [3.63, 3.8) is 0 Å². The first-order valence-corrected chi connectivity index (χ1v) is 7.07. The maximum atomic E-state index is 12.1. The van der Waals surface area contributed by atoms with Crippen LogP contribution >= 0.6 is 0 Å². The summed E-state index contributed by atoms with van der Waals surface area (Å²) in [6, 6.07) is 7.77. The molecule has 2 atom stereocenters. The summed E-state index contributed by atoms with van der Waals surface area (Å²) in [6.45, 7) is 3.11. The van der Waals surface area contributed by atoms with E-state index < -0.39 is 0 Å². The predicted octanol–water partition coefficient (Wildman–Crippen LogP) is 3.33. The Morgan fingerprint density at radius 2 is 2.26 bits per heavy atom. The summed E-state index contributed by atoms with van der Waals surface area (Å²) in [7, 11) is 0. The number of aromatic nitrogens is 1. The smallest absolute Gasteiger partial charge is 0.251 e. The number of H-pyrrole nitrogens is 1. The molecule has 0 saturated heterocycles. The predicted molar refractivity (Wildman–Crippen MR) is 77.1 cm³/mol. The Kier molecular flexibility index (Phi) is 3.28. The lowest BCUT2D eigenvalue weighted by Gasteiger charge is -2.11. The fraction of sp³-hybridized carbons (Fsp3) is 0.438. The van der Waals surface area contributed by atoms with Gasteiger partial charge in [-0.15, -0.1) is 0 Å². The van der Waals surface area contributed by atoms with Crippen molar-refractivity contribution in [1.82, 2.24) is 10.3 Å². The first-order valence-electron chi connectivity index (χ1n) is 7.07. The monoisotopic (exact) mass is 256 g/mol. The molecule has 1 fully saturated rings. The Hall–Kier alpha value is -1.77. The van der Waals surface area contributed by atoms with Gasteiger partial charge in [0, 0.05) is 29.2 Å². The van der Waals surface area contributed by atoms with Gasteiger partial charge in [0.05, 0.1) is 0 Å². The van der Waals surface area contributed by atoms with Gasteiger partial charge in [-0.3, -0.25) is 4.79 Å². The average molecular weight is 256 g/mol. The average Bonchev–Trinajstić information content (AvgIpc) is 3.03. The summed E-state index contributed by atoms with van der Waals surface area (Å²) in [6.07, 6.45) is 5.69. The zero-order valence-electron chi connectivity index (χ0n) is 11.3. The van der Waals surface area contributed by atoms with Crippen LogP contribution in [0.5, 0.6) is 0 Å². The molecule has 1 heterocycles. The molecule has 19 heavy (non-hydrogen) atoms. The van der Waals surface area contributed by atoms with Crippen molar-refractivity contribution < 1.29 is 4.79 Å². The third-order valence-electron chi connectivity index (χ3n) is 4.17. The normalized spacial score (nSPS) is 22.8. The number of benzene rings is 1. The van der Waals surface area contributed by atoms with Gasteiger partial charge in [0.15, 0.2) is 0 Å². The van der Waals surface area contributed by atoms with E-state index in [1.54, 1.807) is 0 Å². The Morgan fingerprint density at radius 1 is 1.37 bits per heavy atom. The van der Waals surface area contributed by atoms with E-state index in [2.05, 4.69) is 17.2 Å². The van der Waals surface area contributed by atoms with Gasteiger partial charge in [0.1, 0.15) is 0 Å². The van der Waals surface area contributed by atoms with Gasteiger partial charge in [-0.2, -0.15) is 0 Å². The van der Waals surface area contributed by atoms with Crippen molar-refractivity contribution in [2.75, 3.05) is 6.54 Å². The van der Waals surface area contributed by atoms with E-state index in [1.165, 1.54) is 19.3 Å². The number of fused-ring (bicyclic) bond motifs is 1. The van der Waals surface area contributed by atoms with Gasteiger partial charge in [-0.1, -0.05) is 13.3 Å². The van der Waals surface area contributed by atoms with E-state index in [9.17, 15) is 4.79 Å². The Labute approximate surface area is 113 Å². The number of aromatic amines is 1. The van der Waals surface area contributed by atoms with Crippen LogP contribution in [0.15, 0.2) is 30.5 Å². The minimum Gasteiger partial charge on any atom is -0.361 e. The van der Waals surface area contributed by atoms with Crippen LogP contribution in [0.25, 0.3) is 10.9 Å². The number of nitrogens with one attached hydrogen (secondary N) is 2. The number of rotatable bonds is 3. The van der Waals surface area contributed by atoms with E-state index >= 15 is 0 Å². The van der Waals surface area contributed by atoms with E-state index in [0.29, 0.717) is 5.92 Å². The number of carbonyl (C=O) groups excluding carboxylic acids is 1. The molecular formula is C16H20N2O. The highest BCUT2D eigenvalue weighted by molar-refractivity contribution is 5.98. The molecule has 100 valence electrons. The molecule has 3 rings (SSSR count). The second-order valence-electron chi connectivity index (χ2n) is 5.77. The summed E-state index contributed by atoms with van der Waals surface area (Å²) < 4.78 is 0. The van der Waals surface area contributed by atoms with Crippen LogP contribution in [0, 0.1) is 11.8 Å². The molecule has 2 N–H and O–H groups in total. The zero-order chi connectivity index (χ0) is 13.2.